The van der Waals surface area contributed by atoms with E-state index in [4.69, 9.17) is 0 Å². The van der Waals surface area contributed by atoms with Crippen LogP contribution in [-0.2, 0) is 11.3 Å². The molecule has 0 bridgehead atoms. The van der Waals surface area contributed by atoms with Gasteiger partial charge >= 0.3 is 0 Å². The van der Waals surface area contributed by atoms with Crippen LogP contribution in [0.1, 0.15) is 19.4 Å². The van der Waals surface area contributed by atoms with Gasteiger partial charge in [-0.2, -0.15) is 0 Å². The predicted molar refractivity (Wildman–Crippen MR) is 72.1 cm³/mol. The number of carbonyl (C=O) groups excluding carboxylic acids is 1. The Kier molecular flexibility index (Phi) is 3.34. The molecule has 0 radical (unpaired) electrons. The van der Waals surface area contributed by atoms with Gasteiger partial charge in [0, 0.05) is 6.54 Å². The fourth-order valence-electron chi connectivity index (χ4n) is 1.84. The molecule has 0 atom stereocenters. The van der Waals surface area contributed by atoms with E-state index in [0.717, 1.165) is 16.3 Å². The summed E-state index contributed by atoms with van der Waals surface area (Å²) in [6.07, 6.45) is 0. The molecule has 0 aromatic heterocycles. The predicted octanol–water partition coefficient (Wildman–Crippen LogP) is 2.23. The molecule has 0 unspecified atom stereocenters. The maximum absolute atomic E-state index is 11.6. The summed E-state index contributed by atoms with van der Waals surface area (Å²) in [5.41, 5.74) is -0.296. The molecule has 94 valence electrons. The van der Waals surface area contributed by atoms with Crippen LogP contribution in [0.25, 0.3) is 10.8 Å². The Hall–Kier alpha value is -1.87. The topological polar surface area (TPSA) is 49.3 Å². The van der Waals surface area contributed by atoms with E-state index in [2.05, 4.69) is 5.32 Å². The summed E-state index contributed by atoms with van der Waals surface area (Å²) in [6.45, 7) is 3.38. The second kappa shape index (κ2) is 4.78. The molecule has 0 saturated heterocycles. The molecule has 2 N–H and O–H groups in total. The first-order valence-corrected chi connectivity index (χ1v) is 5.96. The first-order valence-electron chi connectivity index (χ1n) is 5.96. The molecule has 18 heavy (non-hydrogen) atoms. The van der Waals surface area contributed by atoms with Crippen molar-refractivity contribution in [2.45, 2.75) is 26.0 Å². The highest BCUT2D eigenvalue weighted by atomic mass is 16.3. The summed E-state index contributed by atoms with van der Waals surface area (Å²) < 4.78 is 0. The van der Waals surface area contributed by atoms with Crippen molar-refractivity contribution in [1.29, 1.82) is 0 Å². The lowest BCUT2D eigenvalue weighted by molar-refractivity contribution is -0.136. The maximum Gasteiger partial charge on any atom is 0.251 e. The first-order chi connectivity index (χ1) is 8.48. The van der Waals surface area contributed by atoms with Crippen molar-refractivity contribution >= 4 is 16.7 Å². The minimum atomic E-state index is -1.34. The molecule has 2 aromatic carbocycles. The van der Waals surface area contributed by atoms with Crippen LogP contribution in [0.2, 0.25) is 0 Å². The van der Waals surface area contributed by atoms with E-state index in [1.54, 1.807) is 0 Å². The second-order valence-electron chi connectivity index (χ2n) is 4.88. The van der Waals surface area contributed by atoms with Gasteiger partial charge in [-0.1, -0.05) is 42.5 Å². The van der Waals surface area contributed by atoms with Crippen molar-refractivity contribution in [2.75, 3.05) is 0 Å². The smallest absolute Gasteiger partial charge is 0.251 e. The summed E-state index contributed by atoms with van der Waals surface area (Å²) in [5, 5.41) is 14.6. The van der Waals surface area contributed by atoms with Gasteiger partial charge in [-0.05, 0) is 30.2 Å². The summed E-state index contributed by atoms with van der Waals surface area (Å²) in [7, 11) is 0. The third kappa shape index (κ3) is 2.68. The average Bonchev–Trinajstić information content (AvgIpc) is 2.34. The van der Waals surface area contributed by atoms with E-state index in [-0.39, 0.29) is 5.91 Å². The molecule has 0 saturated carbocycles. The molecule has 0 aliphatic heterocycles. The largest absolute Gasteiger partial charge is 0.381 e. The number of benzene rings is 2. The van der Waals surface area contributed by atoms with Gasteiger partial charge in [0.25, 0.3) is 5.91 Å². The summed E-state index contributed by atoms with van der Waals surface area (Å²) >= 11 is 0. The zero-order chi connectivity index (χ0) is 13.2. The average molecular weight is 243 g/mol. The minimum absolute atomic E-state index is 0.365. The molecule has 1 amide bonds. The van der Waals surface area contributed by atoms with Gasteiger partial charge in [-0.15, -0.1) is 0 Å². The maximum atomic E-state index is 11.6. The Morgan fingerprint density at radius 1 is 1.17 bits per heavy atom. The van der Waals surface area contributed by atoms with Crippen LogP contribution in [-0.4, -0.2) is 16.6 Å². The molecule has 0 spiro atoms. The number of nitrogens with one attached hydrogen (secondary N) is 1. The monoisotopic (exact) mass is 243 g/mol. The third-order valence-corrected chi connectivity index (χ3v) is 2.88. The Balaban J connectivity index is 2.20. The van der Waals surface area contributed by atoms with Gasteiger partial charge in [0.15, 0.2) is 0 Å². The van der Waals surface area contributed by atoms with Crippen molar-refractivity contribution < 1.29 is 9.90 Å². The number of hydrogen-bond donors (Lipinski definition) is 2. The molecule has 2 aromatic rings. The Labute approximate surface area is 106 Å². The van der Waals surface area contributed by atoms with Gasteiger partial charge in [-0.25, -0.2) is 0 Å². The Morgan fingerprint density at radius 2 is 1.83 bits per heavy atom. The van der Waals surface area contributed by atoms with Crippen molar-refractivity contribution in [2.24, 2.45) is 0 Å². The highest BCUT2D eigenvalue weighted by Crippen LogP contribution is 2.18. The third-order valence-electron chi connectivity index (χ3n) is 2.88. The van der Waals surface area contributed by atoms with Crippen LogP contribution in [0.15, 0.2) is 42.5 Å². The molecule has 2 rings (SSSR count). The van der Waals surface area contributed by atoms with E-state index in [0.29, 0.717) is 6.54 Å². The molecule has 0 aliphatic carbocycles. The lowest BCUT2D eigenvalue weighted by Crippen LogP contribution is -2.41. The van der Waals surface area contributed by atoms with E-state index in [9.17, 15) is 9.90 Å². The molecular formula is C15H17NO2. The summed E-state index contributed by atoms with van der Waals surface area (Å²) in [5.74, 6) is -0.365. The normalized spacial score (nSPS) is 11.5. The summed E-state index contributed by atoms with van der Waals surface area (Å²) in [4.78, 5) is 11.6. The number of aliphatic hydroxyl groups is 1. The molecule has 0 fully saturated rings. The van der Waals surface area contributed by atoms with Gasteiger partial charge in [0.1, 0.15) is 5.60 Å². The van der Waals surface area contributed by atoms with E-state index >= 15 is 0 Å². The Bertz CT molecular complexity index is 565. The van der Waals surface area contributed by atoms with Crippen molar-refractivity contribution in [3.05, 3.63) is 48.0 Å². The number of fused-ring (bicyclic) bond motifs is 1. The van der Waals surface area contributed by atoms with Gasteiger partial charge in [-0.3, -0.25) is 4.79 Å². The van der Waals surface area contributed by atoms with Gasteiger partial charge < -0.3 is 10.4 Å². The quantitative estimate of drug-likeness (QED) is 0.868. The van der Waals surface area contributed by atoms with Crippen molar-refractivity contribution in [3.8, 4) is 0 Å². The lowest BCUT2D eigenvalue weighted by atomic mass is 10.0. The molecule has 0 aliphatic rings. The number of rotatable bonds is 3. The second-order valence-corrected chi connectivity index (χ2v) is 4.88. The SMILES string of the molecule is CC(C)(O)C(=O)NCc1cccc2ccccc12. The van der Waals surface area contributed by atoms with Crippen LogP contribution in [0.3, 0.4) is 0 Å². The van der Waals surface area contributed by atoms with Crippen LogP contribution in [0.5, 0.6) is 0 Å². The van der Waals surface area contributed by atoms with Gasteiger partial charge in [0.2, 0.25) is 0 Å². The number of amides is 1. The lowest BCUT2D eigenvalue weighted by Gasteiger charge is -2.17. The fraction of sp³-hybridized carbons (Fsp3) is 0.267. The van der Waals surface area contributed by atoms with Crippen LogP contribution >= 0.6 is 0 Å². The molecule has 0 heterocycles. The number of carbonyl (C=O) groups is 1. The van der Waals surface area contributed by atoms with Crippen LogP contribution < -0.4 is 5.32 Å². The van der Waals surface area contributed by atoms with Crippen LogP contribution in [0, 0.1) is 0 Å². The van der Waals surface area contributed by atoms with Crippen molar-refractivity contribution in [3.63, 3.8) is 0 Å². The highest BCUT2D eigenvalue weighted by Gasteiger charge is 2.23. The van der Waals surface area contributed by atoms with E-state index < -0.39 is 5.60 Å². The molecule has 3 nitrogen and oxygen atoms in total. The van der Waals surface area contributed by atoms with E-state index in [1.807, 2.05) is 42.5 Å². The number of hydrogen-bond acceptors (Lipinski definition) is 2. The molecule has 3 heteroatoms. The first kappa shape index (κ1) is 12.6. The van der Waals surface area contributed by atoms with Crippen molar-refractivity contribution in [1.82, 2.24) is 5.32 Å². The van der Waals surface area contributed by atoms with Crippen LogP contribution in [0.4, 0.5) is 0 Å². The zero-order valence-electron chi connectivity index (χ0n) is 10.6. The molecular weight excluding hydrogens is 226 g/mol. The minimum Gasteiger partial charge on any atom is -0.381 e. The zero-order valence-corrected chi connectivity index (χ0v) is 10.6. The highest BCUT2D eigenvalue weighted by molar-refractivity contribution is 5.87. The standard InChI is InChI=1S/C15H17NO2/c1-15(2,18)14(17)16-10-12-8-5-7-11-6-3-4-9-13(11)12/h3-9,18H,10H2,1-2H3,(H,16,17). The Morgan fingerprint density at radius 3 is 2.56 bits per heavy atom. The van der Waals surface area contributed by atoms with Gasteiger partial charge in [0.05, 0.1) is 0 Å². The van der Waals surface area contributed by atoms with E-state index in [1.165, 1.54) is 13.8 Å². The fourth-order valence-corrected chi connectivity index (χ4v) is 1.84. The summed E-state index contributed by atoms with van der Waals surface area (Å²) in [6, 6.07) is 14.0.